The molecule has 0 amide bonds. The van der Waals surface area contributed by atoms with Crippen LogP contribution in [0.1, 0.15) is 6.92 Å². The highest BCUT2D eigenvalue weighted by molar-refractivity contribution is 4.75. The van der Waals surface area contributed by atoms with Gasteiger partial charge in [-0.1, -0.05) is 0 Å². The fraction of sp³-hybridized carbons (Fsp3) is 1.00. The fourth-order valence-corrected chi connectivity index (χ4v) is 0.640. The van der Waals surface area contributed by atoms with E-state index in [-0.39, 0.29) is 6.61 Å². The standard InChI is InChI=1S/C7H18NO3/c1-7(5-9,6(10)11)8(2,3)4/h6,9-11H,5H2,1-4H3/q+1. The Morgan fingerprint density at radius 2 is 1.64 bits per heavy atom. The number of rotatable bonds is 3. The van der Waals surface area contributed by atoms with E-state index in [0.29, 0.717) is 4.48 Å². The first-order valence-electron chi connectivity index (χ1n) is 3.54. The first kappa shape index (κ1) is 10.8. The van der Waals surface area contributed by atoms with E-state index >= 15 is 0 Å². The molecule has 68 valence electrons. The van der Waals surface area contributed by atoms with Crippen molar-refractivity contribution in [3.05, 3.63) is 0 Å². The molecule has 4 heteroatoms. The van der Waals surface area contributed by atoms with Gasteiger partial charge in [0.1, 0.15) is 6.61 Å². The normalized spacial score (nSPS) is 18.5. The SMILES string of the molecule is CC(CO)(C(O)O)[N+](C)(C)C. The first-order valence-corrected chi connectivity index (χ1v) is 3.54. The number of nitrogens with zero attached hydrogens (tertiary/aromatic N) is 1. The van der Waals surface area contributed by atoms with Gasteiger partial charge in [-0.15, -0.1) is 0 Å². The lowest BCUT2D eigenvalue weighted by atomic mass is 9.99. The van der Waals surface area contributed by atoms with E-state index in [0.717, 1.165) is 0 Å². The Labute approximate surface area is 67.3 Å². The molecule has 0 saturated heterocycles. The van der Waals surface area contributed by atoms with E-state index in [2.05, 4.69) is 0 Å². The van der Waals surface area contributed by atoms with Crippen LogP contribution in [0.2, 0.25) is 0 Å². The van der Waals surface area contributed by atoms with Crippen molar-refractivity contribution in [2.45, 2.75) is 18.8 Å². The summed E-state index contributed by atoms with van der Waals surface area (Å²) in [5.41, 5.74) is -0.917. The minimum absolute atomic E-state index is 0.256. The minimum Gasteiger partial charge on any atom is -0.390 e. The van der Waals surface area contributed by atoms with Crippen molar-refractivity contribution in [3.63, 3.8) is 0 Å². The highest BCUT2D eigenvalue weighted by atomic mass is 16.5. The van der Waals surface area contributed by atoms with Gasteiger partial charge < -0.3 is 19.8 Å². The predicted molar refractivity (Wildman–Crippen MR) is 41.7 cm³/mol. The Bertz CT molecular complexity index is 130. The molecule has 0 aromatic rings. The summed E-state index contributed by atoms with van der Waals surface area (Å²) in [6.45, 7) is 1.37. The number of hydrogen-bond acceptors (Lipinski definition) is 3. The summed E-state index contributed by atoms with van der Waals surface area (Å²) < 4.78 is 0.307. The summed E-state index contributed by atoms with van der Waals surface area (Å²) in [6, 6.07) is 0. The van der Waals surface area contributed by atoms with Gasteiger partial charge in [-0.2, -0.15) is 0 Å². The molecule has 0 aromatic heterocycles. The van der Waals surface area contributed by atoms with Crippen LogP contribution in [-0.4, -0.2) is 59.4 Å². The summed E-state index contributed by atoms with van der Waals surface area (Å²) >= 11 is 0. The Morgan fingerprint density at radius 3 is 1.64 bits per heavy atom. The van der Waals surface area contributed by atoms with Gasteiger partial charge >= 0.3 is 0 Å². The third kappa shape index (κ3) is 1.90. The van der Waals surface area contributed by atoms with Gasteiger partial charge in [0.15, 0.2) is 5.54 Å². The maximum absolute atomic E-state index is 8.99. The zero-order chi connectivity index (χ0) is 9.28. The summed E-state index contributed by atoms with van der Waals surface area (Å²) in [7, 11) is 5.40. The second-order valence-corrected chi connectivity index (χ2v) is 3.90. The molecule has 0 bridgehead atoms. The van der Waals surface area contributed by atoms with Crippen LogP contribution in [0, 0.1) is 0 Å². The van der Waals surface area contributed by atoms with Crippen LogP contribution in [0.25, 0.3) is 0 Å². The van der Waals surface area contributed by atoms with Crippen molar-refractivity contribution in [1.82, 2.24) is 0 Å². The average Bonchev–Trinajstić information content (AvgIpc) is 1.83. The van der Waals surface area contributed by atoms with E-state index in [4.69, 9.17) is 15.3 Å². The summed E-state index contributed by atoms with van der Waals surface area (Å²) in [6.07, 6.45) is -1.51. The highest BCUT2D eigenvalue weighted by Crippen LogP contribution is 2.20. The molecule has 0 aromatic carbocycles. The number of quaternary nitrogens is 1. The molecule has 0 spiro atoms. The highest BCUT2D eigenvalue weighted by Gasteiger charge is 2.43. The number of hydrogen-bond donors (Lipinski definition) is 3. The second kappa shape index (κ2) is 3.06. The Hall–Kier alpha value is -0.160. The Kier molecular flexibility index (Phi) is 3.02. The van der Waals surface area contributed by atoms with Crippen molar-refractivity contribution in [2.24, 2.45) is 0 Å². The summed E-state index contributed by atoms with van der Waals surface area (Å²) in [4.78, 5) is 0. The lowest BCUT2D eigenvalue weighted by molar-refractivity contribution is -0.930. The van der Waals surface area contributed by atoms with Crippen LogP contribution in [0.3, 0.4) is 0 Å². The molecule has 0 saturated carbocycles. The lowest BCUT2D eigenvalue weighted by Crippen LogP contribution is -2.63. The monoisotopic (exact) mass is 164 g/mol. The Balaban J connectivity index is 4.61. The largest absolute Gasteiger partial charge is 0.390 e. The number of likely N-dealkylation sites (N-methyl/N-ethyl adjacent to an activating group) is 1. The molecule has 11 heavy (non-hydrogen) atoms. The van der Waals surface area contributed by atoms with Crippen molar-refractivity contribution < 1.29 is 19.8 Å². The van der Waals surface area contributed by atoms with Gasteiger partial charge in [-0.25, -0.2) is 0 Å². The van der Waals surface area contributed by atoms with Gasteiger partial charge in [-0.05, 0) is 6.92 Å². The van der Waals surface area contributed by atoms with E-state index in [1.807, 2.05) is 0 Å². The molecular weight excluding hydrogens is 146 g/mol. The minimum atomic E-state index is -1.51. The van der Waals surface area contributed by atoms with Crippen LogP contribution < -0.4 is 0 Å². The molecule has 0 aliphatic carbocycles. The van der Waals surface area contributed by atoms with E-state index in [1.54, 1.807) is 28.1 Å². The van der Waals surface area contributed by atoms with E-state index in [1.165, 1.54) is 0 Å². The topological polar surface area (TPSA) is 60.7 Å². The number of aliphatic hydroxyl groups is 3. The van der Waals surface area contributed by atoms with Gasteiger partial charge in [0, 0.05) is 0 Å². The smallest absolute Gasteiger partial charge is 0.210 e. The summed E-state index contributed by atoms with van der Waals surface area (Å²) in [5.74, 6) is 0. The molecule has 1 atom stereocenters. The van der Waals surface area contributed by atoms with Crippen LogP contribution in [-0.2, 0) is 0 Å². The predicted octanol–water partition coefficient (Wildman–Crippen LogP) is -1.25. The molecule has 0 aliphatic rings. The van der Waals surface area contributed by atoms with Gasteiger partial charge in [-0.3, -0.25) is 0 Å². The molecule has 0 heterocycles. The van der Waals surface area contributed by atoms with Crippen molar-refractivity contribution in [1.29, 1.82) is 0 Å². The van der Waals surface area contributed by atoms with Crippen LogP contribution in [0.15, 0.2) is 0 Å². The zero-order valence-electron chi connectivity index (χ0n) is 7.57. The maximum atomic E-state index is 8.99. The molecule has 1 unspecified atom stereocenters. The van der Waals surface area contributed by atoms with Crippen molar-refractivity contribution in [3.8, 4) is 0 Å². The van der Waals surface area contributed by atoms with E-state index < -0.39 is 11.8 Å². The van der Waals surface area contributed by atoms with Gasteiger partial charge in [0.05, 0.1) is 21.1 Å². The molecular formula is C7H18NO3+. The maximum Gasteiger partial charge on any atom is 0.210 e. The first-order chi connectivity index (χ1) is 4.75. The quantitative estimate of drug-likeness (QED) is 0.361. The van der Waals surface area contributed by atoms with Crippen LogP contribution in [0.4, 0.5) is 0 Å². The third-order valence-corrected chi connectivity index (χ3v) is 2.41. The molecule has 0 aliphatic heterocycles. The third-order valence-electron chi connectivity index (χ3n) is 2.41. The van der Waals surface area contributed by atoms with Gasteiger partial charge in [0.2, 0.25) is 6.29 Å². The molecule has 0 rings (SSSR count). The van der Waals surface area contributed by atoms with Crippen LogP contribution >= 0.6 is 0 Å². The molecule has 0 fully saturated rings. The fourth-order valence-electron chi connectivity index (χ4n) is 0.640. The number of aliphatic hydroxyl groups excluding tert-OH is 2. The molecule has 0 radical (unpaired) electrons. The van der Waals surface area contributed by atoms with Crippen molar-refractivity contribution in [2.75, 3.05) is 27.7 Å². The van der Waals surface area contributed by atoms with Crippen molar-refractivity contribution >= 4 is 0 Å². The Morgan fingerprint density at radius 1 is 1.27 bits per heavy atom. The lowest BCUT2D eigenvalue weighted by Gasteiger charge is -2.43. The average molecular weight is 164 g/mol. The van der Waals surface area contributed by atoms with E-state index in [9.17, 15) is 0 Å². The summed E-state index contributed by atoms with van der Waals surface area (Å²) in [5, 5.41) is 26.9. The molecule has 4 nitrogen and oxygen atoms in total. The second-order valence-electron chi connectivity index (χ2n) is 3.90. The molecule has 3 N–H and O–H groups in total. The zero-order valence-corrected chi connectivity index (χ0v) is 7.57. The van der Waals surface area contributed by atoms with Crippen LogP contribution in [0.5, 0.6) is 0 Å². The van der Waals surface area contributed by atoms with Gasteiger partial charge in [0.25, 0.3) is 0 Å².